The molecule has 2 nitrogen and oxygen atoms in total. The van der Waals surface area contributed by atoms with E-state index in [0.29, 0.717) is 10.0 Å². The van der Waals surface area contributed by atoms with Gasteiger partial charge in [-0.25, -0.2) is 5.43 Å². The maximum atomic E-state index is 6.28. The Hall–Kier alpha value is -1.06. The van der Waals surface area contributed by atoms with Gasteiger partial charge in [0.25, 0.3) is 0 Å². The number of hydrogen-bond donors (Lipinski definition) is 2. The molecule has 0 amide bonds. The summed E-state index contributed by atoms with van der Waals surface area (Å²) in [5.41, 5.74) is 7.15. The number of rotatable bonds is 3. The van der Waals surface area contributed by atoms with Crippen molar-refractivity contribution in [3.05, 3.63) is 68.7 Å². The van der Waals surface area contributed by atoms with Crippen LogP contribution >= 0.6 is 23.2 Å². The van der Waals surface area contributed by atoms with E-state index in [4.69, 9.17) is 29.0 Å². The van der Waals surface area contributed by atoms with Gasteiger partial charge in [-0.2, -0.15) is 0 Å². The molecule has 2 aromatic rings. The molecule has 0 fully saturated rings. The van der Waals surface area contributed by atoms with E-state index in [1.54, 1.807) is 6.07 Å². The van der Waals surface area contributed by atoms with Crippen LogP contribution in [0.3, 0.4) is 0 Å². The van der Waals surface area contributed by atoms with Crippen LogP contribution in [0.5, 0.6) is 0 Å². The van der Waals surface area contributed by atoms with Crippen molar-refractivity contribution in [3.63, 3.8) is 0 Å². The lowest BCUT2D eigenvalue weighted by Crippen LogP contribution is -2.29. The molecule has 0 saturated heterocycles. The van der Waals surface area contributed by atoms with Crippen LogP contribution in [0.2, 0.25) is 10.0 Å². The van der Waals surface area contributed by atoms with Gasteiger partial charge in [-0.3, -0.25) is 5.84 Å². The third-order valence-corrected chi connectivity index (χ3v) is 4.04. The molecule has 0 bridgehead atoms. The van der Waals surface area contributed by atoms with E-state index < -0.39 is 0 Å². The minimum Gasteiger partial charge on any atom is -0.271 e. The van der Waals surface area contributed by atoms with E-state index in [0.717, 1.165) is 16.7 Å². The molecule has 19 heavy (non-hydrogen) atoms. The molecule has 1 atom stereocenters. The van der Waals surface area contributed by atoms with Crippen molar-refractivity contribution >= 4 is 23.2 Å². The van der Waals surface area contributed by atoms with Crippen LogP contribution in [0.25, 0.3) is 0 Å². The minimum absolute atomic E-state index is 0.175. The SMILES string of the molecule is Cc1ccc(C)c(C(NN)c2cccc(Cl)c2Cl)c1. The van der Waals surface area contributed by atoms with Crippen molar-refractivity contribution in [2.75, 3.05) is 0 Å². The Balaban J connectivity index is 2.56. The van der Waals surface area contributed by atoms with Gasteiger partial charge in [0.2, 0.25) is 0 Å². The molecule has 0 radical (unpaired) electrons. The second kappa shape index (κ2) is 5.93. The Labute approximate surface area is 123 Å². The molecule has 2 aromatic carbocycles. The van der Waals surface area contributed by atoms with E-state index in [2.05, 4.69) is 37.5 Å². The molecular formula is C15H16Cl2N2. The van der Waals surface area contributed by atoms with Crippen molar-refractivity contribution in [2.24, 2.45) is 5.84 Å². The highest BCUT2D eigenvalue weighted by molar-refractivity contribution is 6.42. The van der Waals surface area contributed by atoms with E-state index in [1.165, 1.54) is 5.56 Å². The lowest BCUT2D eigenvalue weighted by atomic mass is 9.94. The molecule has 0 aromatic heterocycles. The summed E-state index contributed by atoms with van der Waals surface area (Å²) in [5, 5.41) is 1.07. The summed E-state index contributed by atoms with van der Waals surface area (Å²) < 4.78 is 0. The monoisotopic (exact) mass is 294 g/mol. The Morgan fingerprint density at radius 3 is 2.47 bits per heavy atom. The van der Waals surface area contributed by atoms with Crippen LogP contribution < -0.4 is 11.3 Å². The van der Waals surface area contributed by atoms with Crippen molar-refractivity contribution < 1.29 is 0 Å². The van der Waals surface area contributed by atoms with Crippen LogP contribution in [-0.2, 0) is 0 Å². The van der Waals surface area contributed by atoms with Crippen LogP contribution in [0.4, 0.5) is 0 Å². The average molecular weight is 295 g/mol. The normalized spacial score (nSPS) is 12.5. The van der Waals surface area contributed by atoms with Crippen LogP contribution in [0.15, 0.2) is 36.4 Å². The lowest BCUT2D eigenvalue weighted by Gasteiger charge is -2.21. The van der Waals surface area contributed by atoms with Crippen molar-refractivity contribution in [2.45, 2.75) is 19.9 Å². The van der Waals surface area contributed by atoms with Crippen molar-refractivity contribution in [3.8, 4) is 0 Å². The number of hydrazine groups is 1. The molecule has 0 spiro atoms. The lowest BCUT2D eigenvalue weighted by molar-refractivity contribution is 0.633. The zero-order valence-corrected chi connectivity index (χ0v) is 12.4. The van der Waals surface area contributed by atoms with Crippen LogP contribution in [-0.4, -0.2) is 0 Å². The van der Waals surface area contributed by atoms with Crippen LogP contribution in [0, 0.1) is 13.8 Å². The fourth-order valence-corrected chi connectivity index (χ4v) is 2.58. The molecule has 2 rings (SSSR count). The molecule has 4 heteroatoms. The molecule has 0 saturated carbocycles. The first-order valence-corrected chi connectivity index (χ1v) is 6.77. The number of hydrogen-bond acceptors (Lipinski definition) is 2. The highest BCUT2D eigenvalue weighted by Gasteiger charge is 2.18. The first-order valence-electron chi connectivity index (χ1n) is 6.01. The third kappa shape index (κ3) is 2.93. The Bertz CT molecular complexity index is 595. The van der Waals surface area contributed by atoms with Gasteiger partial charge in [0, 0.05) is 0 Å². The first kappa shape index (κ1) is 14.4. The summed E-state index contributed by atoms with van der Waals surface area (Å²) >= 11 is 12.4. The molecule has 1 unspecified atom stereocenters. The zero-order valence-electron chi connectivity index (χ0n) is 10.9. The summed E-state index contributed by atoms with van der Waals surface area (Å²) in [7, 11) is 0. The second-order valence-electron chi connectivity index (χ2n) is 4.60. The molecule has 0 aliphatic heterocycles. The van der Waals surface area contributed by atoms with E-state index in [9.17, 15) is 0 Å². The standard InChI is InChI=1S/C15H16Cl2N2/c1-9-6-7-10(2)12(8-9)15(19-18)11-4-3-5-13(16)14(11)17/h3-8,15,19H,18H2,1-2H3. The Morgan fingerprint density at radius 1 is 1.05 bits per heavy atom. The van der Waals surface area contributed by atoms with Gasteiger partial charge in [-0.1, -0.05) is 59.1 Å². The van der Waals surface area contributed by atoms with Gasteiger partial charge in [0.15, 0.2) is 0 Å². The topological polar surface area (TPSA) is 38.0 Å². The number of nitrogens with one attached hydrogen (secondary N) is 1. The van der Waals surface area contributed by atoms with Crippen LogP contribution in [0.1, 0.15) is 28.3 Å². The molecule has 0 heterocycles. The maximum absolute atomic E-state index is 6.28. The number of benzene rings is 2. The van der Waals surface area contributed by atoms with Gasteiger partial charge in [0.1, 0.15) is 0 Å². The Kier molecular flexibility index (Phi) is 4.48. The van der Waals surface area contributed by atoms with Crippen molar-refractivity contribution in [1.82, 2.24) is 5.43 Å². The molecule has 0 aliphatic carbocycles. The molecule has 0 aliphatic rings. The molecular weight excluding hydrogens is 279 g/mol. The molecule has 3 N–H and O–H groups in total. The van der Waals surface area contributed by atoms with Crippen molar-refractivity contribution in [1.29, 1.82) is 0 Å². The minimum atomic E-state index is -0.175. The largest absolute Gasteiger partial charge is 0.271 e. The van der Waals surface area contributed by atoms with Gasteiger partial charge in [0.05, 0.1) is 16.1 Å². The average Bonchev–Trinajstić information content (AvgIpc) is 2.39. The predicted octanol–water partition coefficient (Wildman–Crippen LogP) is 4.16. The van der Waals surface area contributed by atoms with E-state index in [1.807, 2.05) is 12.1 Å². The zero-order chi connectivity index (χ0) is 14.0. The third-order valence-electron chi connectivity index (χ3n) is 3.20. The van der Waals surface area contributed by atoms with E-state index >= 15 is 0 Å². The number of halogens is 2. The summed E-state index contributed by atoms with van der Waals surface area (Å²) in [6.45, 7) is 4.10. The molecule has 100 valence electrons. The summed E-state index contributed by atoms with van der Waals surface area (Å²) in [5.74, 6) is 5.72. The number of aryl methyl sites for hydroxylation is 2. The maximum Gasteiger partial charge on any atom is 0.0727 e. The fourth-order valence-electron chi connectivity index (χ4n) is 2.16. The van der Waals surface area contributed by atoms with Gasteiger partial charge in [-0.15, -0.1) is 0 Å². The highest BCUT2D eigenvalue weighted by Crippen LogP contribution is 2.34. The second-order valence-corrected chi connectivity index (χ2v) is 5.39. The quantitative estimate of drug-likeness (QED) is 0.659. The van der Waals surface area contributed by atoms with E-state index in [-0.39, 0.29) is 6.04 Å². The predicted molar refractivity (Wildman–Crippen MR) is 81.5 cm³/mol. The smallest absolute Gasteiger partial charge is 0.0727 e. The van der Waals surface area contributed by atoms with Gasteiger partial charge in [-0.05, 0) is 36.6 Å². The summed E-state index contributed by atoms with van der Waals surface area (Å²) in [4.78, 5) is 0. The number of nitrogens with two attached hydrogens (primary N) is 1. The summed E-state index contributed by atoms with van der Waals surface area (Å²) in [6, 6.07) is 11.7. The Morgan fingerprint density at radius 2 is 1.79 bits per heavy atom. The highest BCUT2D eigenvalue weighted by atomic mass is 35.5. The van der Waals surface area contributed by atoms with Gasteiger partial charge < -0.3 is 0 Å². The van der Waals surface area contributed by atoms with Gasteiger partial charge >= 0.3 is 0 Å². The first-order chi connectivity index (χ1) is 9.04. The summed E-state index contributed by atoms with van der Waals surface area (Å²) in [6.07, 6.45) is 0. The fraction of sp³-hybridized carbons (Fsp3) is 0.200.